The Balaban J connectivity index is 1.71. The van der Waals surface area contributed by atoms with E-state index in [0.29, 0.717) is 13.1 Å². The summed E-state index contributed by atoms with van der Waals surface area (Å²) in [6.07, 6.45) is 2.28. The number of carboxylic acid groups (broad SMARTS) is 1. The Morgan fingerprint density at radius 3 is 2.64 bits per heavy atom. The molecule has 28 heavy (non-hydrogen) atoms. The molecule has 2 heterocycles. The van der Waals surface area contributed by atoms with Gasteiger partial charge in [0, 0.05) is 23.9 Å². The van der Waals surface area contributed by atoms with Crippen LogP contribution in [0.15, 0.2) is 30.3 Å². The molecule has 0 radical (unpaired) electrons. The molecule has 1 N–H and O–H groups in total. The summed E-state index contributed by atoms with van der Waals surface area (Å²) in [6.45, 7) is 7.29. The van der Waals surface area contributed by atoms with Crippen LogP contribution in [0, 0.1) is 20.8 Å². The topological polar surface area (TPSA) is 84.7 Å². The summed E-state index contributed by atoms with van der Waals surface area (Å²) in [7, 11) is 0. The summed E-state index contributed by atoms with van der Waals surface area (Å²) in [5, 5.41) is 13.7. The van der Waals surface area contributed by atoms with E-state index in [-0.39, 0.29) is 19.1 Å². The molecule has 1 aliphatic heterocycles. The number of amides is 1. The number of carbonyl (C=O) groups excluding carboxylic acids is 1. The number of aryl methyl sites for hydroxylation is 2. The molecule has 7 nitrogen and oxygen atoms in total. The van der Waals surface area contributed by atoms with Crippen molar-refractivity contribution in [3.8, 4) is 0 Å². The van der Waals surface area contributed by atoms with Crippen LogP contribution in [0.4, 0.5) is 0 Å². The predicted molar refractivity (Wildman–Crippen MR) is 105 cm³/mol. The second-order valence-electron chi connectivity index (χ2n) is 7.04. The van der Waals surface area contributed by atoms with Crippen LogP contribution in [-0.2, 0) is 20.9 Å². The molecule has 1 unspecified atom stereocenters. The Labute approximate surface area is 164 Å². The Hall–Kier alpha value is -2.93. The van der Waals surface area contributed by atoms with E-state index < -0.39 is 12.1 Å². The molecule has 0 spiro atoms. The first kappa shape index (κ1) is 19.8. The molecule has 0 bridgehead atoms. The molecular formula is C21H25N3O4. The first-order valence-electron chi connectivity index (χ1n) is 9.26. The summed E-state index contributed by atoms with van der Waals surface area (Å²) in [5.74, 6) is -1.27. The van der Waals surface area contributed by atoms with Crippen molar-refractivity contribution in [2.24, 2.45) is 0 Å². The summed E-state index contributed by atoms with van der Waals surface area (Å²) in [6, 6.07) is 8.32. The maximum absolute atomic E-state index is 12.5. The fourth-order valence-corrected chi connectivity index (χ4v) is 3.23. The van der Waals surface area contributed by atoms with Gasteiger partial charge >= 0.3 is 5.97 Å². The van der Waals surface area contributed by atoms with Gasteiger partial charge in [-0.15, -0.1) is 0 Å². The Bertz CT molecular complexity index is 899. The molecule has 3 rings (SSSR count). The highest BCUT2D eigenvalue weighted by molar-refractivity contribution is 5.92. The number of aromatic nitrogens is 2. The van der Waals surface area contributed by atoms with Gasteiger partial charge in [0.15, 0.2) is 6.10 Å². The van der Waals surface area contributed by atoms with Crippen LogP contribution in [0.1, 0.15) is 28.1 Å². The molecule has 1 fully saturated rings. The number of hydrogen-bond acceptors (Lipinski definition) is 4. The predicted octanol–water partition coefficient (Wildman–Crippen LogP) is 2.18. The van der Waals surface area contributed by atoms with Gasteiger partial charge in [-0.2, -0.15) is 5.10 Å². The number of benzene rings is 1. The molecule has 0 aliphatic carbocycles. The second-order valence-corrected chi connectivity index (χ2v) is 7.04. The van der Waals surface area contributed by atoms with E-state index in [0.717, 1.165) is 22.5 Å². The van der Waals surface area contributed by atoms with Gasteiger partial charge in [-0.3, -0.25) is 9.48 Å². The second kappa shape index (κ2) is 8.39. The highest BCUT2D eigenvalue weighted by Crippen LogP contribution is 2.17. The molecule has 1 saturated heterocycles. The van der Waals surface area contributed by atoms with Crippen molar-refractivity contribution in [2.75, 3.05) is 19.7 Å². The minimum atomic E-state index is -1.05. The molecule has 148 valence electrons. The third-order valence-corrected chi connectivity index (χ3v) is 4.94. The quantitative estimate of drug-likeness (QED) is 0.800. The number of carboxylic acids is 1. The van der Waals surface area contributed by atoms with Crippen molar-refractivity contribution in [2.45, 2.75) is 33.4 Å². The lowest BCUT2D eigenvalue weighted by molar-refractivity contribution is -0.158. The van der Waals surface area contributed by atoms with Gasteiger partial charge in [0.1, 0.15) is 0 Å². The maximum atomic E-state index is 12.5. The first-order valence-corrected chi connectivity index (χ1v) is 9.26. The van der Waals surface area contributed by atoms with E-state index in [1.54, 1.807) is 6.08 Å². The van der Waals surface area contributed by atoms with Gasteiger partial charge in [0.2, 0.25) is 5.91 Å². The third-order valence-electron chi connectivity index (χ3n) is 4.94. The minimum absolute atomic E-state index is 0.0587. The average molecular weight is 383 g/mol. The van der Waals surface area contributed by atoms with Crippen molar-refractivity contribution in [1.29, 1.82) is 0 Å². The van der Waals surface area contributed by atoms with Gasteiger partial charge in [0.25, 0.3) is 0 Å². The molecule has 1 aliphatic rings. The van der Waals surface area contributed by atoms with Gasteiger partial charge in [-0.05, 0) is 32.4 Å². The number of ether oxygens (including phenoxy) is 1. The van der Waals surface area contributed by atoms with Crippen LogP contribution >= 0.6 is 0 Å². The molecule has 1 atom stereocenters. The summed E-state index contributed by atoms with van der Waals surface area (Å²) < 4.78 is 7.09. The zero-order chi connectivity index (χ0) is 20.3. The van der Waals surface area contributed by atoms with Gasteiger partial charge in [0.05, 0.1) is 25.4 Å². The molecule has 1 aromatic carbocycles. The van der Waals surface area contributed by atoms with E-state index in [2.05, 4.69) is 36.3 Å². The first-order chi connectivity index (χ1) is 13.3. The zero-order valence-electron chi connectivity index (χ0n) is 16.4. The van der Waals surface area contributed by atoms with Crippen LogP contribution in [0.2, 0.25) is 0 Å². The van der Waals surface area contributed by atoms with Crippen molar-refractivity contribution in [1.82, 2.24) is 14.7 Å². The largest absolute Gasteiger partial charge is 0.479 e. The van der Waals surface area contributed by atoms with E-state index in [9.17, 15) is 9.59 Å². The van der Waals surface area contributed by atoms with E-state index >= 15 is 0 Å². The van der Waals surface area contributed by atoms with Gasteiger partial charge in [-0.25, -0.2) is 4.79 Å². The monoisotopic (exact) mass is 383 g/mol. The fraction of sp³-hybridized carbons (Fsp3) is 0.381. The Kier molecular flexibility index (Phi) is 5.94. The van der Waals surface area contributed by atoms with Crippen LogP contribution in [-0.4, -0.2) is 57.5 Å². The molecular weight excluding hydrogens is 358 g/mol. The Morgan fingerprint density at radius 2 is 1.96 bits per heavy atom. The average Bonchev–Trinajstić information content (AvgIpc) is 2.94. The maximum Gasteiger partial charge on any atom is 0.334 e. The van der Waals surface area contributed by atoms with Crippen LogP contribution in [0.5, 0.6) is 0 Å². The van der Waals surface area contributed by atoms with E-state index in [4.69, 9.17) is 9.84 Å². The van der Waals surface area contributed by atoms with Crippen molar-refractivity contribution in [3.63, 3.8) is 0 Å². The van der Waals surface area contributed by atoms with Crippen molar-refractivity contribution < 1.29 is 19.4 Å². The van der Waals surface area contributed by atoms with Crippen molar-refractivity contribution >= 4 is 18.0 Å². The lowest BCUT2D eigenvalue weighted by atomic mass is 10.1. The number of aliphatic carboxylic acids is 1. The standard InChI is InChI=1S/C21H25N3O4/c1-14-4-6-17(7-5-14)12-24-16(3)18(15(2)22-24)8-9-20(25)23-10-11-28-19(13-23)21(26)27/h4-9,19H,10-13H2,1-3H3,(H,26,27). The van der Waals surface area contributed by atoms with Crippen molar-refractivity contribution in [3.05, 3.63) is 58.4 Å². The third kappa shape index (κ3) is 4.48. The number of hydrogen-bond donors (Lipinski definition) is 1. The van der Waals surface area contributed by atoms with Gasteiger partial charge in [-0.1, -0.05) is 29.8 Å². The SMILES string of the molecule is Cc1ccc(Cn2nc(C)c(C=CC(=O)N3CCOC(C(=O)O)C3)c2C)cc1. The molecule has 2 aromatic rings. The molecule has 7 heteroatoms. The lowest BCUT2D eigenvalue weighted by Gasteiger charge is -2.30. The number of nitrogens with zero attached hydrogens (tertiary/aromatic N) is 3. The molecule has 0 saturated carbocycles. The smallest absolute Gasteiger partial charge is 0.334 e. The van der Waals surface area contributed by atoms with Crippen LogP contribution in [0.3, 0.4) is 0 Å². The number of carbonyl (C=O) groups is 2. The molecule has 1 aromatic heterocycles. The number of morpholine rings is 1. The Morgan fingerprint density at radius 1 is 1.25 bits per heavy atom. The summed E-state index contributed by atoms with van der Waals surface area (Å²) in [4.78, 5) is 25.0. The zero-order valence-corrected chi connectivity index (χ0v) is 16.4. The summed E-state index contributed by atoms with van der Waals surface area (Å²) in [5.41, 5.74) is 5.11. The van der Waals surface area contributed by atoms with Gasteiger partial charge < -0.3 is 14.7 Å². The minimum Gasteiger partial charge on any atom is -0.479 e. The van der Waals surface area contributed by atoms with Crippen LogP contribution in [0.25, 0.3) is 6.08 Å². The highest BCUT2D eigenvalue weighted by Gasteiger charge is 2.28. The normalized spacial score (nSPS) is 17.2. The fourth-order valence-electron chi connectivity index (χ4n) is 3.23. The highest BCUT2D eigenvalue weighted by atomic mass is 16.5. The lowest BCUT2D eigenvalue weighted by Crippen LogP contribution is -2.48. The van der Waals surface area contributed by atoms with Crippen LogP contribution < -0.4 is 0 Å². The van der Waals surface area contributed by atoms with E-state index in [1.807, 2.05) is 18.5 Å². The number of rotatable bonds is 5. The van der Waals surface area contributed by atoms with E-state index in [1.165, 1.54) is 16.5 Å². The summed E-state index contributed by atoms with van der Waals surface area (Å²) >= 11 is 0. The molecule has 1 amide bonds.